The van der Waals surface area contributed by atoms with E-state index in [-0.39, 0.29) is 23.3 Å². The van der Waals surface area contributed by atoms with E-state index in [1.807, 2.05) is 6.07 Å². The average molecular weight is 432 g/mol. The number of halogens is 3. The van der Waals surface area contributed by atoms with Crippen molar-refractivity contribution in [3.8, 4) is 5.75 Å². The number of benzene rings is 1. The molecule has 6 nitrogen and oxygen atoms in total. The highest BCUT2D eigenvalue weighted by atomic mass is 19.3. The van der Waals surface area contributed by atoms with Crippen LogP contribution in [0.2, 0.25) is 0 Å². The summed E-state index contributed by atoms with van der Waals surface area (Å²) in [6, 6.07) is 9.51. The molecule has 0 saturated heterocycles. The van der Waals surface area contributed by atoms with Crippen LogP contribution in [0.15, 0.2) is 42.6 Å². The number of alkyl halides is 2. The average Bonchev–Trinajstić information content (AvgIpc) is 3.21. The standard InChI is InChI=1S/C22H23F3N4O2/c1-31-15-9-10-16(17(23)11-15)22(30)27-14-7-5-13(6-8-14)26-19-3-2-4-20-28-18(21(24)25)12-29(19)20/h2-4,9-14,21,26H,5-8H2,1H3,(H,27,30). The van der Waals surface area contributed by atoms with Gasteiger partial charge in [-0.3, -0.25) is 9.20 Å². The molecule has 0 radical (unpaired) electrons. The third kappa shape index (κ3) is 4.60. The lowest BCUT2D eigenvalue weighted by Gasteiger charge is -2.30. The number of pyridine rings is 1. The normalized spacial score (nSPS) is 18.9. The fourth-order valence-corrected chi connectivity index (χ4v) is 3.91. The van der Waals surface area contributed by atoms with Crippen LogP contribution in [0.25, 0.3) is 5.65 Å². The van der Waals surface area contributed by atoms with Crippen LogP contribution in [0.5, 0.6) is 5.75 Å². The van der Waals surface area contributed by atoms with Gasteiger partial charge in [-0.1, -0.05) is 6.07 Å². The Morgan fingerprint density at radius 1 is 1.16 bits per heavy atom. The number of anilines is 1. The number of ether oxygens (including phenoxy) is 1. The van der Waals surface area contributed by atoms with Gasteiger partial charge >= 0.3 is 0 Å². The summed E-state index contributed by atoms with van der Waals surface area (Å²) in [5.74, 6) is -0.0121. The van der Waals surface area contributed by atoms with Crippen molar-refractivity contribution in [2.75, 3.05) is 12.4 Å². The third-order valence-corrected chi connectivity index (χ3v) is 5.57. The molecule has 0 bridgehead atoms. The van der Waals surface area contributed by atoms with Crippen LogP contribution in [-0.4, -0.2) is 34.5 Å². The van der Waals surface area contributed by atoms with E-state index in [1.165, 1.54) is 25.4 Å². The molecule has 0 aliphatic heterocycles. The van der Waals surface area contributed by atoms with Crippen LogP contribution in [0.4, 0.5) is 19.0 Å². The summed E-state index contributed by atoms with van der Waals surface area (Å²) in [6.45, 7) is 0. The molecule has 0 atom stereocenters. The van der Waals surface area contributed by atoms with E-state index in [9.17, 15) is 18.0 Å². The Morgan fingerprint density at radius 2 is 1.90 bits per heavy atom. The zero-order valence-corrected chi connectivity index (χ0v) is 16.9. The van der Waals surface area contributed by atoms with Gasteiger partial charge in [-0.15, -0.1) is 0 Å². The summed E-state index contributed by atoms with van der Waals surface area (Å²) in [5, 5.41) is 6.29. The van der Waals surface area contributed by atoms with Gasteiger partial charge in [0.05, 0.1) is 12.7 Å². The minimum absolute atomic E-state index is 0.0114. The van der Waals surface area contributed by atoms with Crippen molar-refractivity contribution in [3.05, 3.63) is 59.7 Å². The molecule has 3 aromatic rings. The number of fused-ring (bicyclic) bond motifs is 1. The Bertz CT molecular complexity index is 1080. The molecule has 164 valence electrons. The topological polar surface area (TPSA) is 67.7 Å². The molecule has 2 heterocycles. The fraction of sp³-hybridized carbons (Fsp3) is 0.364. The maximum atomic E-state index is 14.1. The lowest BCUT2D eigenvalue weighted by Crippen LogP contribution is -2.40. The van der Waals surface area contributed by atoms with Crippen LogP contribution < -0.4 is 15.4 Å². The van der Waals surface area contributed by atoms with Crippen molar-refractivity contribution < 1.29 is 22.7 Å². The SMILES string of the molecule is COc1ccc(C(=O)NC2CCC(Nc3cccc4nc(C(F)F)cn34)CC2)c(F)c1. The van der Waals surface area contributed by atoms with E-state index < -0.39 is 18.1 Å². The number of imidazole rings is 1. The van der Waals surface area contributed by atoms with E-state index in [4.69, 9.17) is 4.74 Å². The lowest BCUT2D eigenvalue weighted by atomic mass is 9.91. The van der Waals surface area contributed by atoms with Crippen LogP contribution >= 0.6 is 0 Å². The van der Waals surface area contributed by atoms with Gasteiger partial charge in [0.15, 0.2) is 0 Å². The number of nitrogens with zero attached hydrogens (tertiary/aromatic N) is 2. The number of amides is 1. The number of rotatable bonds is 6. The highest BCUT2D eigenvalue weighted by Gasteiger charge is 2.24. The molecule has 1 aliphatic rings. The molecule has 0 unspecified atom stereocenters. The summed E-state index contributed by atoms with van der Waals surface area (Å²) in [4.78, 5) is 16.4. The van der Waals surface area contributed by atoms with Gasteiger partial charge in [-0.25, -0.2) is 18.2 Å². The number of carbonyl (C=O) groups is 1. The van der Waals surface area contributed by atoms with E-state index in [0.29, 0.717) is 17.2 Å². The van der Waals surface area contributed by atoms with Crippen molar-refractivity contribution in [2.24, 2.45) is 0 Å². The van der Waals surface area contributed by atoms with Crippen LogP contribution in [0.1, 0.15) is 48.2 Å². The van der Waals surface area contributed by atoms with Crippen molar-refractivity contribution in [2.45, 2.75) is 44.2 Å². The van der Waals surface area contributed by atoms with Crippen molar-refractivity contribution in [1.82, 2.24) is 14.7 Å². The first-order chi connectivity index (χ1) is 14.9. The number of hydrogen-bond acceptors (Lipinski definition) is 4. The molecule has 9 heteroatoms. The minimum Gasteiger partial charge on any atom is -0.497 e. The first kappa shape index (κ1) is 21.0. The van der Waals surface area contributed by atoms with Crippen molar-refractivity contribution in [1.29, 1.82) is 0 Å². The van der Waals surface area contributed by atoms with Crippen LogP contribution in [0.3, 0.4) is 0 Å². The molecule has 1 fully saturated rings. The van der Waals surface area contributed by atoms with Gasteiger partial charge in [-0.2, -0.15) is 0 Å². The first-order valence-corrected chi connectivity index (χ1v) is 10.1. The first-order valence-electron chi connectivity index (χ1n) is 10.1. The largest absolute Gasteiger partial charge is 0.497 e. The monoisotopic (exact) mass is 432 g/mol. The highest BCUT2D eigenvalue weighted by Crippen LogP contribution is 2.25. The second-order valence-electron chi connectivity index (χ2n) is 7.62. The second kappa shape index (κ2) is 8.87. The Labute approximate surface area is 177 Å². The van der Waals surface area contributed by atoms with Crippen molar-refractivity contribution >= 4 is 17.4 Å². The number of nitrogens with one attached hydrogen (secondary N) is 2. The quantitative estimate of drug-likeness (QED) is 0.599. The van der Waals surface area contributed by atoms with Gasteiger partial charge in [0, 0.05) is 24.3 Å². The van der Waals surface area contributed by atoms with Crippen molar-refractivity contribution in [3.63, 3.8) is 0 Å². The molecular formula is C22H23F3N4O2. The van der Waals surface area contributed by atoms with Gasteiger partial charge in [-0.05, 0) is 49.9 Å². The summed E-state index contributed by atoms with van der Waals surface area (Å²) in [5.41, 5.74) is 0.192. The van der Waals surface area contributed by atoms with E-state index >= 15 is 0 Å². The zero-order valence-electron chi connectivity index (χ0n) is 16.9. The van der Waals surface area contributed by atoms with Crippen LogP contribution in [-0.2, 0) is 0 Å². The zero-order chi connectivity index (χ0) is 22.0. The molecule has 31 heavy (non-hydrogen) atoms. The predicted octanol–water partition coefficient (Wildman–Crippen LogP) is 4.57. The maximum absolute atomic E-state index is 14.1. The van der Waals surface area contributed by atoms with E-state index in [0.717, 1.165) is 25.7 Å². The summed E-state index contributed by atoms with van der Waals surface area (Å²) in [6.07, 6.45) is 1.73. The smallest absolute Gasteiger partial charge is 0.281 e. The Balaban J connectivity index is 1.35. The highest BCUT2D eigenvalue weighted by molar-refractivity contribution is 5.94. The molecule has 2 aromatic heterocycles. The molecule has 0 spiro atoms. The fourth-order valence-electron chi connectivity index (χ4n) is 3.91. The maximum Gasteiger partial charge on any atom is 0.281 e. The number of methoxy groups -OCH3 is 1. The summed E-state index contributed by atoms with van der Waals surface area (Å²) >= 11 is 0. The molecule has 1 amide bonds. The number of aromatic nitrogens is 2. The Morgan fingerprint density at radius 3 is 2.58 bits per heavy atom. The number of hydrogen-bond donors (Lipinski definition) is 2. The molecule has 1 aliphatic carbocycles. The summed E-state index contributed by atoms with van der Waals surface area (Å²) < 4.78 is 46.6. The molecular weight excluding hydrogens is 409 g/mol. The lowest BCUT2D eigenvalue weighted by molar-refractivity contribution is 0.0922. The summed E-state index contributed by atoms with van der Waals surface area (Å²) in [7, 11) is 1.44. The third-order valence-electron chi connectivity index (χ3n) is 5.57. The minimum atomic E-state index is -2.62. The Kier molecular flexibility index (Phi) is 6.01. The van der Waals surface area contributed by atoms with Gasteiger partial charge in [0.25, 0.3) is 12.3 Å². The molecule has 1 saturated carbocycles. The molecule has 2 N–H and O–H groups in total. The Hall–Kier alpha value is -3.23. The molecule has 4 rings (SSSR count). The van der Waals surface area contributed by atoms with E-state index in [2.05, 4.69) is 15.6 Å². The molecule has 1 aromatic carbocycles. The predicted molar refractivity (Wildman–Crippen MR) is 110 cm³/mol. The van der Waals surface area contributed by atoms with Gasteiger partial charge < -0.3 is 15.4 Å². The second-order valence-corrected chi connectivity index (χ2v) is 7.62. The van der Waals surface area contributed by atoms with Gasteiger partial charge in [0.1, 0.15) is 28.7 Å². The number of carbonyl (C=O) groups excluding carboxylic acids is 1. The van der Waals surface area contributed by atoms with Crippen LogP contribution in [0, 0.1) is 5.82 Å². The van der Waals surface area contributed by atoms with Gasteiger partial charge in [0.2, 0.25) is 0 Å². The van der Waals surface area contributed by atoms with E-state index in [1.54, 1.807) is 22.6 Å².